The van der Waals surface area contributed by atoms with Gasteiger partial charge in [0.25, 0.3) is 0 Å². The zero-order chi connectivity index (χ0) is 15.1. The van der Waals surface area contributed by atoms with Crippen molar-refractivity contribution in [3.8, 4) is 0 Å². The van der Waals surface area contributed by atoms with Crippen molar-refractivity contribution in [1.82, 2.24) is 10.6 Å². The largest absolute Gasteiger partial charge is 0.387 e. The van der Waals surface area contributed by atoms with Gasteiger partial charge in [0.2, 0.25) is 0 Å². The van der Waals surface area contributed by atoms with E-state index in [-0.39, 0.29) is 6.03 Å². The highest BCUT2D eigenvalue weighted by molar-refractivity contribution is 7.99. The van der Waals surface area contributed by atoms with Crippen molar-refractivity contribution in [1.29, 1.82) is 0 Å². The van der Waals surface area contributed by atoms with Gasteiger partial charge in [-0.05, 0) is 42.7 Å². The van der Waals surface area contributed by atoms with E-state index in [9.17, 15) is 9.90 Å². The molecule has 0 spiro atoms. The van der Waals surface area contributed by atoms with E-state index in [1.54, 1.807) is 11.8 Å². The summed E-state index contributed by atoms with van der Waals surface area (Å²) in [7, 11) is 0. The molecule has 3 N–H and O–H groups in total. The van der Waals surface area contributed by atoms with Crippen LogP contribution >= 0.6 is 23.4 Å². The Morgan fingerprint density at radius 3 is 2.76 bits per heavy atom. The standard InChI is InChI=1S/C15H21ClN2O2S/c16-13-5-3-12(4-6-13)2-1-8-17-14(19)18-10-15(20)7-9-21-11-15/h3-6,20H,1-2,7-11H2,(H2,17,18,19)/t15-/m1/s1. The zero-order valence-corrected chi connectivity index (χ0v) is 13.5. The Balaban J connectivity index is 1.57. The van der Waals surface area contributed by atoms with E-state index in [1.807, 2.05) is 24.3 Å². The zero-order valence-electron chi connectivity index (χ0n) is 11.9. The molecule has 1 fully saturated rings. The number of amides is 2. The molecular weight excluding hydrogens is 308 g/mol. The van der Waals surface area contributed by atoms with Gasteiger partial charge in [0.1, 0.15) is 0 Å². The fraction of sp³-hybridized carbons (Fsp3) is 0.533. The van der Waals surface area contributed by atoms with Crippen LogP contribution in [0, 0.1) is 0 Å². The number of carbonyl (C=O) groups is 1. The van der Waals surface area contributed by atoms with Crippen LogP contribution < -0.4 is 10.6 Å². The first-order chi connectivity index (χ1) is 10.1. The van der Waals surface area contributed by atoms with Crippen molar-refractivity contribution >= 4 is 29.4 Å². The number of aryl methyl sites for hydroxylation is 1. The minimum Gasteiger partial charge on any atom is -0.387 e. The first-order valence-electron chi connectivity index (χ1n) is 7.14. The Morgan fingerprint density at radius 2 is 2.10 bits per heavy atom. The summed E-state index contributed by atoms with van der Waals surface area (Å²) in [5, 5.41) is 16.4. The third kappa shape index (κ3) is 5.77. The van der Waals surface area contributed by atoms with E-state index in [2.05, 4.69) is 10.6 Å². The number of aliphatic hydroxyl groups is 1. The van der Waals surface area contributed by atoms with Gasteiger partial charge in [-0.1, -0.05) is 23.7 Å². The van der Waals surface area contributed by atoms with Gasteiger partial charge < -0.3 is 15.7 Å². The van der Waals surface area contributed by atoms with E-state index < -0.39 is 5.60 Å². The second-order valence-corrected chi connectivity index (χ2v) is 6.91. The summed E-state index contributed by atoms with van der Waals surface area (Å²) in [5.41, 5.74) is 0.476. The number of hydrogen-bond donors (Lipinski definition) is 3. The molecule has 6 heteroatoms. The maximum absolute atomic E-state index is 11.6. The van der Waals surface area contributed by atoms with Crippen LogP contribution in [-0.2, 0) is 6.42 Å². The van der Waals surface area contributed by atoms with E-state index in [0.29, 0.717) is 18.8 Å². The monoisotopic (exact) mass is 328 g/mol. The van der Waals surface area contributed by atoms with E-state index in [4.69, 9.17) is 11.6 Å². The minimum absolute atomic E-state index is 0.212. The van der Waals surface area contributed by atoms with Crippen molar-refractivity contribution < 1.29 is 9.90 Å². The lowest BCUT2D eigenvalue weighted by Crippen LogP contribution is -2.46. The van der Waals surface area contributed by atoms with Crippen molar-refractivity contribution in [3.63, 3.8) is 0 Å². The lowest BCUT2D eigenvalue weighted by Gasteiger charge is -2.21. The molecule has 0 radical (unpaired) electrons. The van der Waals surface area contributed by atoms with Gasteiger partial charge in [0, 0.05) is 23.9 Å². The van der Waals surface area contributed by atoms with Crippen LogP contribution in [0.25, 0.3) is 0 Å². The van der Waals surface area contributed by atoms with E-state index in [1.165, 1.54) is 5.56 Å². The molecule has 116 valence electrons. The summed E-state index contributed by atoms with van der Waals surface area (Å²) in [6.07, 6.45) is 2.52. The first kappa shape index (κ1) is 16.5. The van der Waals surface area contributed by atoms with Gasteiger partial charge in [0.15, 0.2) is 0 Å². The number of benzene rings is 1. The van der Waals surface area contributed by atoms with Crippen LogP contribution in [0.3, 0.4) is 0 Å². The Kier molecular flexibility index (Phi) is 6.21. The quantitative estimate of drug-likeness (QED) is 0.703. The predicted molar refractivity (Wildman–Crippen MR) is 88.1 cm³/mol. The predicted octanol–water partition coefficient (Wildman–Crippen LogP) is 2.44. The SMILES string of the molecule is O=C(NCCCc1ccc(Cl)cc1)NC[C@]1(O)CCSC1. The fourth-order valence-corrected chi connectivity index (χ4v) is 3.61. The molecule has 1 saturated heterocycles. The average molecular weight is 329 g/mol. The third-order valence-electron chi connectivity index (χ3n) is 3.50. The molecule has 1 aromatic rings. The molecule has 4 nitrogen and oxygen atoms in total. The van der Waals surface area contributed by atoms with Crippen molar-refractivity contribution in [3.05, 3.63) is 34.9 Å². The van der Waals surface area contributed by atoms with Crippen LogP contribution in [0.1, 0.15) is 18.4 Å². The number of urea groups is 1. The normalized spacial score (nSPS) is 21.2. The summed E-state index contributed by atoms with van der Waals surface area (Å²) in [5.74, 6) is 1.66. The van der Waals surface area contributed by atoms with Crippen LogP contribution in [0.4, 0.5) is 4.79 Å². The van der Waals surface area contributed by atoms with Crippen LogP contribution in [-0.4, -0.2) is 41.3 Å². The number of hydrogen-bond acceptors (Lipinski definition) is 3. The molecule has 1 heterocycles. The molecule has 0 aliphatic carbocycles. The topological polar surface area (TPSA) is 61.4 Å². The smallest absolute Gasteiger partial charge is 0.314 e. The minimum atomic E-state index is -0.731. The maximum Gasteiger partial charge on any atom is 0.314 e. The first-order valence-corrected chi connectivity index (χ1v) is 8.67. The summed E-state index contributed by atoms with van der Waals surface area (Å²) in [6.45, 7) is 0.935. The number of carbonyl (C=O) groups excluding carboxylic acids is 1. The molecule has 0 saturated carbocycles. The van der Waals surface area contributed by atoms with Crippen molar-refractivity contribution in [2.24, 2.45) is 0 Å². The maximum atomic E-state index is 11.6. The molecule has 0 bridgehead atoms. The van der Waals surface area contributed by atoms with Gasteiger partial charge >= 0.3 is 6.03 Å². The van der Waals surface area contributed by atoms with E-state index in [0.717, 1.165) is 30.0 Å². The molecular formula is C15H21ClN2O2S. The number of rotatable bonds is 6. The van der Waals surface area contributed by atoms with E-state index >= 15 is 0 Å². The van der Waals surface area contributed by atoms with Crippen molar-refractivity contribution in [2.45, 2.75) is 24.9 Å². The molecule has 1 aliphatic heterocycles. The fourth-order valence-electron chi connectivity index (χ4n) is 2.19. The highest BCUT2D eigenvalue weighted by Crippen LogP contribution is 2.26. The van der Waals surface area contributed by atoms with Gasteiger partial charge in [0.05, 0.1) is 5.60 Å². The molecule has 0 aromatic heterocycles. The molecule has 0 unspecified atom stereocenters. The summed E-state index contributed by atoms with van der Waals surface area (Å²) >= 11 is 7.55. The molecule has 2 rings (SSSR count). The Hall–Kier alpha value is -0.910. The van der Waals surface area contributed by atoms with Gasteiger partial charge in [-0.2, -0.15) is 11.8 Å². The Labute approximate surface area is 134 Å². The number of thioether (sulfide) groups is 1. The lowest BCUT2D eigenvalue weighted by molar-refractivity contribution is 0.0700. The lowest BCUT2D eigenvalue weighted by atomic mass is 10.0. The van der Waals surface area contributed by atoms with Gasteiger partial charge in [-0.3, -0.25) is 0 Å². The van der Waals surface area contributed by atoms with Gasteiger partial charge in [-0.25, -0.2) is 4.79 Å². The van der Waals surface area contributed by atoms with Crippen LogP contribution in [0.2, 0.25) is 5.02 Å². The second kappa shape index (κ2) is 7.92. The number of halogens is 1. The second-order valence-electron chi connectivity index (χ2n) is 5.37. The summed E-state index contributed by atoms with van der Waals surface area (Å²) in [4.78, 5) is 11.6. The van der Waals surface area contributed by atoms with Crippen LogP contribution in [0.5, 0.6) is 0 Å². The Bertz CT molecular complexity index is 461. The van der Waals surface area contributed by atoms with Crippen LogP contribution in [0.15, 0.2) is 24.3 Å². The molecule has 2 amide bonds. The molecule has 1 aliphatic rings. The Morgan fingerprint density at radius 1 is 1.33 bits per heavy atom. The molecule has 1 atom stereocenters. The average Bonchev–Trinajstić information content (AvgIpc) is 2.91. The summed E-state index contributed by atoms with van der Waals surface area (Å²) < 4.78 is 0. The number of nitrogens with one attached hydrogen (secondary N) is 2. The third-order valence-corrected chi connectivity index (χ3v) is 4.99. The molecule has 21 heavy (non-hydrogen) atoms. The highest BCUT2D eigenvalue weighted by atomic mass is 35.5. The molecule has 1 aromatic carbocycles. The highest BCUT2D eigenvalue weighted by Gasteiger charge is 2.31. The van der Waals surface area contributed by atoms with Gasteiger partial charge in [-0.15, -0.1) is 0 Å². The summed E-state index contributed by atoms with van der Waals surface area (Å²) in [6, 6.07) is 7.52. The van der Waals surface area contributed by atoms with Crippen molar-refractivity contribution in [2.75, 3.05) is 24.6 Å².